The first kappa shape index (κ1) is 30.1. The third-order valence-electron chi connectivity index (χ3n) is 6.96. The summed E-state index contributed by atoms with van der Waals surface area (Å²) in [5.41, 5.74) is 4.58. The van der Waals surface area contributed by atoms with Gasteiger partial charge in [0.1, 0.15) is 0 Å². The summed E-state index contributed by atoms with van der Waals surface area (Å²) < 4.78 is 4.02. The molecule has 5 rings (SSSR count). The normalized spacial score (nSPS) is 13.7. The quantitative estimate of drug-likeness (QED) is 0.302. The summed E-state index contributed by atoms with van der Waals surface area (Å²) in [6.45, 7) is 4.86. The van der Waals surface area contributed by atoms with E-state index < -0.39 is 24.0 Å². The van der Waals surface area contributed by atoms with Crippen molar-refractivity contribution < 1.29 is 47.0 Å². The maximum atomic E-state index is 13.9. The topological polar surface area (TPSA) is 29.1 Å². The van der Waals surface area contributed by atoms with Crippen molar-refractivity contribution in [2.24, 2.45) is 0 Å². The summed E-state index contributed by atoms with van der Waals surface area (Å²) in [5, 5.41) is 2.81. The predicted octanol–water partition coefficient (Wildman–Crippen LogP) is -0.439. The van der Waals surface area contributed by atoms with Crippen molar-refractivity contribution in [1.82, 2.24) is 3.80 Å². The molecule has 193 valence electrons. The van der Waals surface area contributed by atoms with Gasteiger partial charge in [0, 0.05) is 0 Å². The summed E-state index contributed by atoms with van der Waals surface area (Å²) in [6, 6.07) is 38.7. The molecule has 1 N–H and O–H groups in total. The zero-order chi connectivity index (χ0) is 25.1. The zero-order valence-electron chi connectivity index (χ0n) is 21.9. The van der Waals surface area contributed by atoms with E-state index >= 15 is 0 Å². The van der Waals surface area contributed by atoms with Crippen LogP contribution in [0.2, 0.25) is 0 Å². The van der Waals surface area contributed by atoms with Crippen LogP contribution in [0.15, 0.2) is 115 Å². The van der Waals surface area contributed by atoms with Crippen molar-refractivity contribution in [1.29, 1.82) is 0 Å². The van der Waals surface area contributed by atoms with E-state index in [9.17, 15) is 4.79 Å². The number of benzene rings is 4. The second-order valence-corrected chi connectivity index (χ2v) is 20.7. The smallest absolute Gasteiger partial charge is 1.00 e. The first-order valence-electron chi connectivity index (χ1n) is 12.6. The number of allylic oxidation sites excluding steroid dienone is 1. The standard InChI is InChI=1S/C12H11Si.C11H15NO.C9H7.2ClH.Ti/c1-3-7-11(8-4-1)13-12-9-5-2-6-10-12;1-11(2,3)9-6-4-5-8(7-9)10(12)13;1-2-5-9-7-3-6-8(9)4-1;;;/h1-10,13H;4-7H,1-3H3,(H2,12,13);1-7H;2*1H;/q;;;;;+3/p-3. The molecule has 1 amide bonds. The van der Waals surface area contributed by atoms with Crippen molar-refractivity contribution >= 4 is 29.0 Å². The number of hydrogen-bond donors (Lipinski definition) is 1. The van der Waals surface area contributed by atoms with Gasteiger partial charge in [0.2, 0.25) is 0 Å². The number of carbonyl (C=O) groups excluding carboxylic acids is 1. The van der Waals surface area contributed by atoms with E-state index in [0.29, 0.717) is 0 Å². The van der Waals surface area contributed by atoms with E-state index in [1.54, 1.807) is 0 Å². The fourth-order valence-corrected chi connectivity index (χ4v) is 19.4. The van der Waals surface area contributed by atoms with E-state index in [-0.39, 0.29) is 40.4 Å². The van der Waals surface area contributed by atoms with Gasteiger partial charge in [0.05, 0.1) is 0 Å². The third kappa shape index (κ3) is 6.59. The van der Waals surface area contributed by atoms with Gasteiger partial charge in [-0.25, -0.2) is 0 Å². The minimum Gasteiger partial charge on any atom is -1.00 e. The van der Waals surface area contributed by atoms with Gasteiger partial charge in [-0.05, 0) is 0 Å². The number of rotatable bonds is 6. The SMILES string of the molecule is CC(C)(C)c1cccc(C(=O)[NH][Ti+2]([CH]2C=Cc3ccccc32)[SiH](c2ccccc2)c2ccccc2)c1.[Cl-].[Cl-]. The van der Waals surface area contributed by atoms with Gasteiger partial charge in [-0.1, -0.05) is 0 Å². The number of carbonyl (C=O) groups is 1. The number of hydrogen-bond acceptors (Lipinski definition) is 1. The Balaban J connectivity index is 0.00000200. The van der Waals surface area contributed by atoms with Gasteiger partial charge in [-0.15, -0.1) is 0 Å². The molecule has 1 aliphatic rings. The van der Waals surface area contributed by atoms with Crippen LogP contribution >= 0.6 is 0 Å². The first-order valence-corrected chi connectivity index (χ1v) is 18.7. The van der Waals surface area contributed by atoms with Crippen LogP contribution in [-0.2, 0) is 22.8 Å². The summed E-state index contributed by atoms with van der Waals surface area (Å²) in [5.74, 6) is 0.0678. The number of fused-ring (bicyclic) bond motifs is 1. The first-order chi connectivity index (χ1) is 17.4. The average Bonchev–Trinajstić information content (AvgIpc) is 3.33. The summed E-state index contributed by atoms with van der Waals surface area (Å²) >= 11 is -2.30. The Morgan fingerprint density at radius 3 is 1.95 bits per heavy atom. The molecule has 0 radical (unpaired) electrons. The molecule has 2 nitrogen and oxygen atoms in total. The van der Waals surface area contributed by atoms with Gasteiger partial charge in [0.25, 0.3) is 0 Å². The molecule has 1 aliphatic carbocycles. The van der Waals surface area contributed by atoms with Gasteiger partial charge in [0.15, 0.2) is 0 Å². The van der Waals surface area contributed by atoms with Crippen LogP contribution in [0.4, 0.5) is 0 Å². The minimum atomic E-state index is -2.30. The van der Waals surface area contributed by atoms with Crippen molar-refractivity contribution in [2.75, 3.05) is 0 Å². The van der Waals surface area contributed by atoms with Crippen LogP contribution in [0.1, 0.15) is 52.0 Å². The molecule has 0 bridgehead atoms. The van der Waals surface area contributed by atoms with E-state index in [4.69, 9.17) is 0 Å². The molecule has 0 aliphatic heterocycles. The molecule has 0 saturated carbocycles. The maximum absolute atomic E-state index is 13.9. The molecule has 4 aromatic rings. The molecule has 0 spiro atoms. The van der Waals surface area contributed by atoms with Crippen LogP contribution in [0.25, 0.3) is 6.08 Å². The van der Waals surface area contributed by atoms with Gasteiger partial charge in [-0.3, -0.25) is 0 Å². The molecular formula is C32H32Cl2NOSiTi. The second-order valence-electron chi connectivity index (χ2n) is 10.5. The molecule has 0 fully saturated rings. The third-order valence-corrected chi connectivity index (χ3v) is 20.4. The van der Waals surface area contributed by atoms with Gasteiger partial charge >= 0.3 is 223 Å². The van der Waals surface area contributed by atoms with E-state index in [0.717, 1.165) is 5.56 Å². The number of halogens is 2. The molecule has 0 saturated heterocycles. The Labute approximate surface area is 246 Å². The van der Waals surface area contributed by atoms with Crippen LogP contribution < -0.4 is 39.0 Å². The van der Waals surface area contributed by atoms with Crippen molar-refractivity contribution in [3.63, 3.8) is 0 Å². The molecular weight excluding hydrogens is 561 g/mol. The Hall–Kier alpha value is -2.40. The number of amides is 1. The van der Waals surface area contributed by atoms with E-state index in [1.165, 1.54) is 27.1 Å². The minimum absolute atomic E-state index is 0. The van der Waals surface area contributed by atoms with Gasteiger partial charge in [-0.2, -0.15) is 0 Å². The van der Waals surface area contributed by atoms with Crippen LogP contribution in [-0.4, -0.2) is 12.6 Å². The zero-order valence-corrected chi connectivity index (χ0v) is 26.1. The van der Waals surface area contributed by atoms with Crippen LogP contribution in [0.3, 0.4) is 0 Å². The molecule has 38 heavy (non-hydrogen) atoms. The molecule has 0 aromatic heterocycles. The fraction of sp³-hybridized carbons (Fsp3) is 0.156. The maximum Gasteiger partial charge on any atom is -1.00 e. The van der Waals surface area contributed by atoms with Crippen LogP contribution in [0.5, 0.6) is 0 Å². The van der Waals surface area contributed by atoms with Gasteiger partial charge < -0.3 is 24.8 Å². The Morgan fingerprint density at radius 1 is 0.763 bits per heavy atom. The average molecular weight is 593 g/mol. The second kappa shape index (κ2) is 13.1. The Bertz CT molecular complexity index is 1350. The van der Waals surface area contributed by atoms with Crippen LogP contribution in [0, 0.1) is 0 Å². The Morgan fingerprint density at radius 2 is 1.34 bits per heavy atom. The molecule has 4 aromatic carbocycles. The summed E-state index contributed by atoms with van der Waals surface area (Å²) in [7, 11) is 0. The number of nitrogens with one attached hydrogen (secondary N) is 1. The summed E-state index contributed by atoms with van der Waals surface area (Å²) in [6.07, 6.45) is 4.61. The monoisotopic (exact) mass is 592 g/mol. The van der Waals surface area contributed by atoms with Crippen molar-refractivity contribution in [3.8, 4) is 0 Å². The summed E-state index contributed by atoms with van der Waals surface area (Å²) in [4.78, 5) is 13.9. The van der Waals surface area contributed by atoms with Crippen molar-refractivity contribution in [3.05, 3.63) is 138 Å². The predicted molar refractivity (Wildman–Crippen MR) is 150 cm³/mol. The molecule has 0 heterocycles. The largest absolute Gasteiger partial charge is 1.00 e. The van der Waals surface area contributed by atoms with E-state index in [2.05, 4.69) is 134 Å². The van der Waals surface area contributed by atoms with E-state index in [1.807, 2.05) is 12.1 Å². The Kier molecular flexibility index (Phi) is 10.4. The van der Waals surface area contributed by atoms with Crippen molar-refractivity contribution in [2.45, 2.75) is 30.4 Å². The molecule has 1 atom stereocenters. The fourth-order valence-electron chi connectivity index (χ4n) is 5.02. The molecule has 1 unspecified atom stereocenters. The molecule has 6 heteroatoms.